The van der Waals surface area contributed by atoms with Gasteiger partial charge in [0, 0.05) is 23.0 Å². The third kappa shape index (κ3) is 9.44. The van der Waals surface area contributed by atoms with Gasteiger partial charge < -0.3 is 0 Å². The van der Waals surface area contributed by atoms with Gasteiger partial charge in [0.1, 0.15) is 0 Å². The van der Waals surface area contributed by atoms with Gasteiger partial charge in [-0.15, -0.1) is 0 Å². The van der Waals surface area contributed by atoms with Crippen molar-refractivity contribution in [1.82, 2.24) is 10.5 Å². The van der Waals surface area contributed by atoms with Gasteiger partial charge in [-0.3, -0.25) is 0 Å². The fraction of sp³-hybridized carbons (Fsp3) is 0.667. The van der Waals surface area contributed by atoms with Crippen LogP contribution in [0, 0.1) is 17.3 Å². The third-order valence-electron chi connectivity index (χ3n) is 8.77. The Balaban J connectivity index is 2.46. The molecule has 1 N–H and O–H groups in total. The summed E-state index contributed by atoms with van der Waals surface area (Å²) in [6.07, 6.45) is 15.3. The molecule has 0 aliphatic carbocycles. The molecule has 1 heterocycles. The fourth-order valence-corrected chi connectivity index (χ4v) is 7.49. The predicted octanol–water partition coefficient (Wildman–Crippen LogP) is 9.97. The quantitative estimate of drug-likeness (QED) is 0.189. The van der Waals surface area contributed by atoms with Crippen LogP contribution in [0.2, 0.25) is 0 Å². The summed E-state index contributed by atoms with van der Waals surface area (Å²) in [5.41, 5.74) is 6.48. The summed E-state index contributed by atoms with van der Waals surface area (Å²) < 4.78 is 0. The second-order valence-corrected chi connectivity index (χ2v) is 14.8. The van der Waals surface area contributed by atoms with Crippen LogP contribution in [0.1, 0.15) is 120 Å². The predicted molar refractivity (Wildman–Crippen MR) is 170 cm³/mol. The molecule has 0 aromatic heterocycles. The highest BCUT2D eigenvalue weighted by Crippen LogP contribution is 2.46. The van der Waals surface area contributed by atoms with Gasteiger partial charge in [0.05, 0.1) is 0 Å². The van der Waals surface area contributed by atoms with Crippen molar-refractivity contribution in [3.8, 4) is 0 Å². The van der Waals surface area contributed by atoms with Crippen LogP contribution in [0.15, 0.2) is 66.8 Å². The van der Waals surface area contributed by atoms with Gasteiger partial charge in [-0.2, -0.15) is 10.5 Å². The molecule has 0 saturated carbocycles. The Morgan fingerprint density at radius 3 is 2.13 bits per heavy atom. The number of hydrogen-bond donors (Lipinski definition) is 1. The van der Waals surface area contributed by atoms with Crippen LogP contribution in [0.25, 0.3) is 0 Å². The maximum Gasteiger partial charge on any atom is 0.0431 e. The van der Waals surface area contributed by atoms with Gasteiger partial charge in [0.2, 0.25) is 0 Å². The van der Waals surface area contributed by atoms with Crippen LogP contribution < -0.4 is 5.48 Å². The Kier molecular flexibility index (Phi) is 11.9. The first kappa shape index (κ1) is 33.5. The van der Waals surface area contributed by atoms with Crippen LogP contribution in [0.5, 0.6) is 0 Å². The van der Waals surface area contributed by atoms with Crippen molar-refractivity contribution in [3.05, 3.63) is 72.4 Å². The maximum atomic E-state index is 6.54. The summed E-state index contributed by atoms with van der Waals surface area (Å²) in [6.45, 7) is 29.6. The Labute approximate surface area is 242 Å². The highest BCUT2D eigenvalue weighted by molar-refractivity contribution is 5.30. The average molecular weight is 537 g/mol. The van der Waals surface area contributed by atoms with Crippen molar-refractivity contribution in [2.45, 2.75) is 137 Å². The Morgan fingerprint density at radius 2 is 1.62 bits per heavy atom. The highest BCUT2D eigenvalue weighted by atomic mass is 16.8. The SMILES string of the molecule is C=C/C=C\C(=C/C)C(CC(C)(CC(C)(C)CC(C)C)c1ccccc1)C(C)NON1C(C)(C)CCCC1(C)C. The van der Waals surface area contributed by atoms with E-state index in [0.717, 1.165) is 25.7 Å². The topological polar surface area (TPSA) is 24.5 Å². The number of rotatable bonds is 14. The molecule has 1 aliphatic rings. The minimum absolute atomic E-state index is 0.000200. The molecule has 2 rings (SSSR count). The molecule has 3 atom stereocenters. The van der Waals surface area contributed by atoms with Crippen molar-refractivity contribution in [2.75, 3.05) is 0 Å². The van der Waals surface area contributed by atoms with Crippen LogP contribution in [-0.4, -0.2) is 22.2 Å². The molecule has 1 fully saturated rings. The molecule has 3 heteroatoms. The van der Waals surface area contributed by atoms with E-state index in [0.29, 0.717) is 5.92 Å². The first-order valence-corrected chi connectivity index (χ1v) is 15.3. The zero-order chi connectivity index (χ0) is 29.5. The standard InChI is InChI=1S/C36H60N2O/c1-13-15-20-30(14-2)32(29(5)37-39-38-34(8,9)23-19-24-35(38,10)11)26-36(12,31-21-17-16-18-22-31)27-33(6,7)25-28(3)4/h13-18,20-22,28-29,32,37H,1,19,23-27H2,2-12H3/b20-15-,30-14+. The van der Waals surface area contributed by atoms with E-state index in [1.807, 2.05) is 6.08 Å². The summed E-state index contributed by atoms with van der Waals surface area (Å²) in [5, 5.41) is 2.22. The van der Waals surface area contributed by atoms with Crippen LogP contribution in [0.3, 0.4) is 0 Å². The molecular weight excluding hydrogens is 476 g/mol. The lowest BCUT2D eigenvalue weighted by atomic mass is 9.63. The zero-order valence-electron chi connectivity index (χ0n) is 27.2. The van der Waals surface area contributed by atoms with Crippen molar-refractivity contribution in [1.29, 1.82) is 0 Å². The van der Waals surface area contributed by atoms with Crippen LogP contribution >= 0.6 is 0 Å². The molecule has 1 saturated heterocycles. The fourth-order valence-electron chi connectivity index (χ4n) is 7.49. The molecular formula is C36H60N2O. The smallest absolute Gasteiger partial charge is 0.0431 e. The second kappa shape index (κ2) is 13.8. The van der Waals surface area contributed by atoms with Gasteiger partial charge in [-0.05, 0) is 108 Å². The number of nitrogens with one attached hydrogen (secondary N) is 1. The van der Waals surface area contributed by atoms with Crippen LogP contribution in [-0.2, 0) is 10.4 Å². The van der Waals surface area contributed by atoms with Gasteiger partial charge in [0.25, 0.3) is 0 Å². The monoisotopic (exact) mass is 536 g/mol. The Bertz CT molecular complexity index is 940. The van der Waals surface area contributed by atoms with E-state index in [9.17, 15) is 0 Å². The largest absolute Gasteiger partial charge is 0.210 e. The molecule has 1 aliphatic heterocycles. The zero-order valence-corrected chi connectivity index (χ0v) is 27.2. The molecule has 0 spiro atoms. The van der Waals surface area contributed by atoms with Gasteiger partial charge >= 0.3 is 0 Å². The molecule has 0 bridgehead atoms. The third-order valence-corrected chi connectivity index (χ3v) is 8.77. The Hall–Kier alpha value is -1.68. The summed E-state index contributed by atoms with van der Waals surface area (Å²) in [6, 6.07) is 11.3. The summed E-state index contributed by atoms with van der Waals surface area (Å²) in [4.78, 5) is 6.54. The van der Waals surface area contributed by atoms with E-state index in [1.165, 1.54) is 24.0 Å². The van der Waals surface area contributed by atoms with Gasteiger partial charge in [-0.25, -0.2) is 4.94 Å². The van der Waals surface area contributed by atoms with Crippen molar-refractivity contribution in [3.63, 3.8) is 0 Å². The molecule has 39 heavy (non-hydrogen) atoms. The molecule has 3 unspecified atom stereocenters. The molecule has 3 nitrogen and oxygen atoms in total. The number of hydrogen-bond acceptors (Lipinski definition) is 3. The average Bonchev–Trinajstić information content (AvgIpc) is 2.81. The van der Waals surface area contributed by atoms with E-state index >= 15 is 0 Å². The lowest BCUT2D eigenvalue weighted by molar-refractivity contribution is -0.320. The van der Waals surface area contributed by atoms with Crippen molar-refractivity contribution in [2.24, 2.45) is 17.3 Å². The first-order chi connectivity index (χ1) is 18.1. The number of piperidine rings is 1. The minimum atomic E-state index is -0.0183. The molecule has 220 valence electrons. The van der Waals surface area contributed by atoms with E-state index < -0.39 is 0 Å². The van der Waals surface area contributed by atoms with Gasteiger partial charge in [-0.1, -0.05) is 95.8 Å². The summed E-state index contributed by atoms with van der Waals surface area (Å²) in [5.74, 6) is 0.921. The van der Waals surface area contributed by atoms with Crippen LogP contribution in [0.4, 0.5) is 0 Å². The number of hydroxylamine groups is 3. The van der Waals surface area contributed by atoms with E-state index in [-0.39, 0.29) is 33.9 Å². The van der Waals surface area contributed by atoms with Gasteiger partial charge in [0.15, 0.2) is 0 Å². The molecule has 0 amide bonds. The summed E-state index contributed by atoms with van der Waals surface area (Å²) >= 11 is 0. The normalized spacial score (nSPS) is 21.6. The number of nitrogens with zero attached hydrogens (tertiary/aromatic N) is 1. The second-order valence-electron chi connectivity index (χ2n) is 14.8. The van der Waals surface area contributed by atoms with E-state index in [1.54, 1.807) is 0 Å². The Morgan fingerprint density at radius 1 is 1.03 bits per heavy atom. The van der Waals surface area contributed by atoms with Crippen molar-refractivity contribution >= 4 is 0 Å². The lowest BCUT2D eigenvalue weighted by Gasteiger charge is -2.51. The first-order valence-electron chi connectivity index (χ1n) is 15.3. The van der Waals surface area contributed by atoms with E-state index in [4.69, 9.17) is 4.94 Å². The minimum Gasteiger partial charge on any atom is -0.210 e. The summed E-state index contributed by atoms with van der Waals surface area (Å²) in [7, 11) is 0. The van der Waals surface area contributed by atoms with E-state index in [2.05, 4.69) is 142 Å². The molecule has 1 aromatic rings. The highest BCUT2D eigenvalue weighted by Gasteiger charge is 2.44. The number of allylic oxidation sites excluding steroid dienone is 4. The number of benzene rings is 1. The molecule has 0 radical (unpaired) electrons. The molecule has 1 aromatic carbocycles. The lowest BCUT2D eigenvalue weighted by Crippen LogP contribution is -2.60. The maximum absolute atomic E-state index is 6.54. The van der Waals surface area contributed by atoms with Crippen molar-refractivity contribution < 1.29 is 4.94 Å².